The van der Waals surface area contributed by atoms with Crippen molar-refractivity contribution in [2.75, 3.05) is 13.6 Å². The lowest BCUT2D eigenvalue weighted by Crippen LogP contribution is -2.29. The monoisotopic (exact) mass is 289 g/mol. The van der Waals surface area contributed by atoms with Gasteiger partial charge in [0.2, 0.25) is 0 Å². The molecule has 2 rings (SSSR count). The normalized spacial score (nSPS) is 10.3. The number of carboxylic acids is 1. The number of benzene rings is 1. The Kier molecular flexibility index (Phi) is 4.60. The lowest BCUT2D eigenvalue weighted by molar-refractivity contribution is -0.137. The summed E-state index contributed by atoms with van der Waals surface area (Å²) in [4.78, 5) is 24.4. The highest BCUT2D eigenvalue weighted by atomic mass is 16.4. The second-order valence-electron chi connectivity index (χ2n) is 4.50. The fourth-order valence-electron chi connectivity index (χ4n) is 1.90. The van der Waals surface area contributed by atoms with Crippen molar-refractivity contribution in [2.45, 2.75) is 12.8 Å². The van der Waals surface area contributed by atoms with Crippen LogP contribution >= 0.6 is 0 Å². The Balaban J connectivity index is 2.14. The van der Waals surface area contributed by atoms with E-state index in [9.17, 15) is 9.59 Å². The van der Waals surface area contributed by atoms with Gasteiger partial charge in [0.15, 0.2) is 0 Å². The van der Waals surface area contributed by atoms with Crippen molar-refractivity contribution < 1.29 is 14.7 Å². The molecule has 1 aromatic heterocycles. The first-order valence-electron chi connectivity index (χ1n) is 6.39. The molecule has 1 N–H and O–H groups in total. The van der Waals surface area contributed by atoms with Crippen LogP contribution in [-0.2, 0) is 4.79 Å². The maximum atomic E-state index is 12.4. The molecule has 0 aliphatic rings. The van der Waals surface area contributed by atoms with Gasteiger partial charge in [-0.25, -0.2) is 0 Å². The number of carbonyl (C=O) groups excluding carboxylic acids is 1. The number of rotatable bonds is 6. The van der Waals surface area contributed by atoms with Gasteiger partial charge in [0, 0.05) is 20.0 Å². The Hall–Kier alpha value is -2.77. The van der Waals surface area contributed by atoms with Gasteiger partial charge in [-0.15, -0.1) is 5.10 Å². The molecule has 8 heteroatoms. The zero-order chi connectivity index (χ0) is 15.2. The number of tetrazole rings is 1. The van der Waals surface area contributed by atoms with E-state index in [1.165, 1.54) is 15.9 Å². The minimum atomic E-state index is -0.870. The van der Waals surface area contributed by atoms with Gasteiger partial charge in [-0.2, -0.15) is 4.68 Å². The van der Waals surface area contributed by atoms with Crippen molar-refractivity contribution in [1.82, 2.24) is 25.1 Å². The molecular formula is C13H15N5O3. The summed E-state index contributed by atoms with van der Waals surface area (Å²) in [6, 6.07) is 6.98. The molecule has 2 aromatic rings. The highest BCUT2D eigenvalue weighted by Gasteiger charge is 2.17. The van der Waals surface area contributed by atoms with Crippen LogP contribution in [0.3, 0.4) is 0 Å². The first kappa shape index (κ1) is 14.6. The topological polar surface area (TPSA) is 101 Å². The molecule has 21 heavy (non-hydrogen) atoms. The average Bonchev–Trinajstić information content (AvgIpc) is 3.00. The van der Waals surface area contributed by atoms with Crippen molar-refractivity contribution in [3.05, 3.63) is 36.2 Å². The Morgan fingerprint density at radius 2 is 2.10 bits per heavy atom. The Bertz CT molecular complexity index is 626. The van der Waals surface area contributed by atoms with Crippen LogP contribution in [-0.4, -0.2) is 55.7 Å². The molecule has 0 spiro atoms. The maximum absolute atomic E-state index is 12.4. The zero-order valence-electron chi connectivity index (χ0n) is 11.5. The third-order valence-electron chi connectivity index (χ3n) is 2.96. The Morgan fingerprint density at radius 3 is 2.76 bits per heavy atom. The fourth-order valence-corrected chi connectivity index (χ4v) is 1.90. The molecule has 0 saturated heterocycles. The lowest BCUT2D eigenvalue weighted by atomic mass is 10.1. The quantitative estimate of drug-likeness (QED) is 0.835. The average molecular weight is 289 g/mol. The van der Waals surface area contributed by atoms with Crippen LogP contribution in [0.4, 0.5) is 0 Å². The second-order valence-corrected chi connectivity index (χ2v) is 4.50. The summed E-state index contributed by atoms with van der Waals surface area (Å²) in [6.45, 7) is 0.370. The van der Waals surface area contributed by atoms with Crippen LogP contribution < -0.4 is 0 Å². The van der Waals surface area contributed by atoms with Gasteiger partial charge >= 0.3 is 5.97 Å². The van der Waals surface area contributed by atoms with Crippen molar-refractivity contribution in [1.29, 1.82) is 0 Å². The SMILES string of the molecule is CN(CCCC(=O)O)C(=O)c1ccccc1-n1cnnn1. The third kappa shape index (κ3) is 3.62. The molecule has 0 bridgehead atoms. The number of nitrogens with zero attached hydrogens (tertiary/aromatic N) is 5. The van der Waals surface area contributed by atoms with E-state index in [-0.39, 0.29) is 12.3 Å². The predicted molar refractivity (Wildman–Crippen MR) is 73.0 cm³/mol. The van der Waals surface area contributed by atoms with Crippen molar-refractivity contribution in [3.8, 4) is 5.69 Å². The van der Waals surface area contributed by atoms with Crippen LogP contribution in [0.15, 0.2) is 30.6 Å². The highest BCUT2D eigenvalue weighted by molar-refractivity contribution is 5.97. The van der Waals surface area contributed by atoms with Gasteiger partial charge in [-0.3, -0.25) is 9.59 Å². The van der Waals surface area contributed by atoms with Gasteiger partial charge in [0.1, 0.15) is 6.33 Å². The van der Waals surface area contributed by atoms with E-state index >= 15 is 0 Å². The number of aliphatic carboxylic acids is 1. The first-order valence-corrected chi connectivity index (χ1v) is 6.39. The van der Waals surface area contributed by atoms with Crippen LogP contribution in [0.5, 0.6) is 0 Å². The smallest absolute Gasteiger partial charge is 0.303 e. The summed E-state index contributed by atoms with van der Waals surface area (Å²) in [5.41, 5.74) is 1.04. The van der Waals surface area contributed by atoms with Gasteiger partial charge < -0.3 is 10.0 Å². The molecule has 8 nitrogen and oxygen atoms in total. The number of aromatic nitrogens is 4. The molecule has 0 aliphatic heterocycles. The Labute approximate surface area is 121 Å². The van der Waals surface area contributed by atoms with Gasteiger partial charge in [0.05, 0.1) is 11.3 Å². The number of para-hydroxylation sites is 1. The molecule has 110 valence electrons. The largest absolute Gasteiger partial charge is 0.481 e. The molecule has 1 amide bonds. The molecule has 1 heterocycles. The van der Waals surface area contributed by atoms with E-state index in [4.69, 9.17) is 5.11 Å². The molecule has 0 unspecified atom stereocenters. The summed E-state index contributed by atoms with van der Waals surface area (Å²) >= 11 is 0. The second kappa shape index (κ2) is 6.60. The lowest BCUT2D eigenvalue weighted by Gasteiger charge is -2.18. The molecule has 0 saturated carbocycles. The highest BCUT2D eigenvalue weighted by Crippen LogP contribution is 2.15. The van der Waals surface area contributed by atoms with Crippen molar-refractivity contribution >= 4 is 11.9 Å². The van der Waals surface area contributed by atoms with E-state index in [1.54, 1.807) is 31.3 Å². The van der Waals surface area contributed by atoms with Gasteiger partial charge in [-0.05, 0) is 29.0 Å². The Morgan fingerprint density at radius 1 is 1.33 bits per heavy atom. The van der Waals surface area contributed by atoms with E-state index < -0.39 is 5.97 Å². The maximum Gasteiger partial charge on any atom is 0.303 e. The van der Waals surface area contributed by atoms with Gasteiger partial charge in [0.25, 0.3) is 5.91 Å². The van der Waals surface area contributed by atoms with Crippen LogP contribution in [0.1, 0.15) is 23.2 Å². The van der Waals surface area contributed by atoms with E-state index in [2.05, 4.69) is 15.5 Å². The summed E-state index contributed by atoms with van der Waals surface area (Å²) in [5, 5.41) is 19.5. The van der Waals surface area contributed by atoms with Crippen LogP contribution in [0.2, 0.25) is 0 Å². The van der Waals surface area contributed by atoms with E-state index in [1.807, 2.05) is 0 Å². The third-order valence-corrected chi connectivity index (χ3v) is 2.96. The van der Waals surface area contributed by atoms with Crippen molar-refractivity contribution in [2.24, 2.45) is 0 Å². The predicted octanol–water partition coefficient (Wildman–Crippen LogP) is 0.599. The number of amides is 1. The molecule has 0 aliphatic carbocycles. The van der Waals surface area contributed by atoms with Crippen LogP contribution in [0, 0.1) is 0 Å². The van der Waals surface area contributed by atoms with E-state index in [0.29, 0.717) is 24.2 Å². The van der Waals surface area contributed by atoms with E-state index in [0.717, 1.165) is 0 Å². The number of hydrogen-bond donors (Lipinski definition) is 1. The number of carbonyl (C=O) groups is 2. The number of carboxylic acid groups (broad SMARTS) is 1. The summed E-state index contributed by atoms with van der Waals surface area (Å²) in [6.07, 6.45) is 1.85. The van der Waals surface area contributed by atoms with Crippen molar-refractivity contribution in [3.63, 3.8) is 0 Å². The molecule has 0 radical (unpaired) electrons. The molecule has 0 atom stereocenters. The molecular weight excluding hydrogens is 274 g/mol. The molecule has 0 fully saturated rings. The standard InChI is InChI=1S/C13H15N5O3/c1-17(8-4-7-12(19)20)13(21)10-5-2-3-6-11(10)18-9-14-15-16-18/h2-3,5-6,9H,4,7-8H2,1H3,(H,19,20). The number of hydrogen-bond acceptors (Lipinski definition) is 5. The minimum Gasteiger partial charge on any atom is -0.481 e. The molecule has 1 aromatic carbocycles. The minimum absolute atomic E-state index is 0.0340. The summed E-state index contributed by atoms with van der Waals surface area (Å²) in [7, 11) is 1.64. The fraction of sp³-hybridized carbons (Fsp3) is 0.308. The summed E-state index contributed by atoms with van der Waals surface area (Å²) < 4.78 is 1.42. The zero-order valence-corrected chi connectivity index (χ0v) is 11.5. The first-order chi connectivity index (χ1) is 10.1. The van der Waals surface area contributed by atoms with Gasteiger partial charge in [-0.1, -0.05) is 12.1 Å². The summed E-state index contributed by atoms with van der Waals surface area (Å²) in [5.74, 6) is -1.07. The van der Waals surface area contributed by atoms with Crippen LogP contribution in [0.25, 0.3) is 5.69 Å².